The summed E-state index contributed by atoms with van der Waals surface area (Å²) in [5.41, 5.74) is 2.25. The van der Waals surface area contributed by atoms with E-state index >= 15 is 0 Å². The van der Waals surface area contributed by atoms with Crippen LogP contribution in [-0.2, 0) is 14.3 Å². The highest BCUT2D eigenvalue weighted by Gasteiger charge is 2.46. The fourth-order valence-corrected chi connectivity index (χ4v) is 5.32. The van der Waals surface area contributed by atoms with Gasteiger partial charge in [-0.25, -0.2) is 0 Å². The lowest BCUT2D eigenvalue weighted by Gasteiger charge is -2.38. The third kappa shape index (κ3) is 4.37. The second-order valence-corrected chi connectivity index (χ2v) is 10.3. The summed E-state index contributed by atoms with van der Waals surface area (Å²) in [4.78, 5) is 31.8. The van der Waals surface area contributed by atoms with E-state index < -0.39 is 5.92 Å². The quantitative estimate of drug-likeness (QED) is 0.501. The molecule has 0 radical (unpaired) electrons. The zero-order valence-electron chi connectivity index (χ0n) is 16.4. The molecular weight excluding hydrogens is 378 g/mol. The lowest BCUT2D eigenvalue weighted by Crippen LogP contribution is -2.39. The molecule has 1 aliphatic heterocycles. The molecule has 1 aromatic rings. The van der Waals surface area contributed by atoms with Crippen LogP contribution in [0.3, 0.4) is 0 Å². The van der Waals surface area contributed by atoms with Gasteiger partial charge in [0.25, 0.3) is 0 Å². The van der Waals surface area contributed by atoms with Crippen LogP contribution in [0.1, 0.15) is 51.3 Å². The van der Waals surface area contributed by atoms with Gasteiger partial charge in [-0.05, 0) is 36.0 Å². The van der Waals surface area contributed by atoms with Crippen molar-refractivity contribution in [2.24, 2.45) is 16.3 Å². The second-order valence-electron chi connectivity index (χ2n) is 7.89. The second kappa shape index (κ2) is 8.31. The topological polar surface area (TPSA) is 55.7 Å². The van der Waals surface area contributed by atoms with Gasteiger partial charge in [-0.3, -0.25) is 14.6 Å². The molecule has 146 valence electrons. The average Bonchev–Trinajstić information content (AvgIpc) is 3.10. The number of esters is 1. The molecule has 0 spiro atoms. The third-order valence-electron chi connectivity index (χ3n) is 5.08. The van der Waals surface area contributed by atoms with Crippen molar-refractivity contribution >= 4 is 40.6 Å². The highest BCUT2D eigenvalue weighted by Crippen LogP contribution is 2.48. The number of nitrogens with zero attached hydrogens (tertiary/aromatic N) is 1. The fraction of sp³-hybridized carbons (Fsp3) is 0.571. The number of aliphatic imine (C=N–C) groups is 1. The van der Waals surface area contributed by atoms with Crippen molar-refractivity contribution in [1.29, 1.82) is 0 Å². The number of hydrogen-bond acceptors (Lipinski definition) is 6. The van der Waals surface area contributed by atoms with Gasteiger partial charge >= 0.3 is 5.97 Å². The third-order valence-corrected chi connectivity index (χ3v) is 6.90. The number of Topliss-reactive ketones (excluding diaryl/α,β-unsaturated/α-hetero) is 1. The maximum atomic E-state index is 13.0. The van der Waals surface area contributed by atoms with E-state index in [0.717, 1.165) is 39.8 Å². The van der Waals surface area contributed by atoms with Gasteiger partial charge in [-0.2, -0.15) is 11.8 Å². The Morgan fingerprint density at radius 2 is 2.19 bits per heavy atom. The van der Waals surface area contributed by atoms with Crippen molar-refractivity contribution in [3.63, 3.8) is 0 Å². The summed E-state index contributed by atoms with van der Waals surface area (Å²) < 4.78 is 5.57. The molecule has 1 aromatic heterocycles. The summed E-state index contributed by atoms with van der Waals surface area (Å²) >= 11 is 3.33. The zero-order valence-corrected chi connectivity index (χ0v) is 18.0. The molecule has 0 saturated heterocycles. The Morgan fingerprint density at radius 1 is 1.41 bits per heavy atom. The normalized spacial score (nSPS) is 24.4. The molecule has 0 bridgehead atoms. The van der Waals surface area contributed by atoms with Crippen LogP contribution in [-0.4, -0.2) is 35.6 Å². The van der Waals surface area contributed by atoms with Crippen LogP contribution >= 0.6 is 23.1 Å². The molecule has 4 nitrogen and oxygen atoms in total. The Labute approximate surface area is 169 Å². The summed E-state index contributed by atoms with van der Waals surface area (Å²) in [6.45, 7) is 8.58. The largest absolute Gasteiger partial charge is 0.464 e. The standard InChI is InChI=1S/C21H27NO3S2/c1-5-26-10-8-25-20(24)17-13(2)22-14-11-21(3,4)12-15(23)18(14)19(17)16-7-6-9-27-16/h6-7,9,17,19H,5,8,10-12H2,1-4H3/t17?,19-/m1/s1. The summed E-state index contributed by atoms with van der Waals surface area (Å²) in [6.07, 6.45) is 1.26. The van der Waals surface area contributed by atoms with E-state index in [1.807, 2.05) is 24.4 Å². The predicted octanol–water partition coefficient (Wildman–Crippen LogP) is 4.86. The fourth-order valence-electron chi connectivity index (χ4n) is 3.96. The molecule has 0 amide bonds. The molecule has 0 fully saturated rings. The van der Waals surface area contributed by atoms with E-state index in [-0.39, 0.29) is 23.1 Å². The van der Waals surface area contributed by atoms with E-state index in [0.29, 0.717) is 13.0 Å². The molecule has 2 aliphatic rings. The smallest absolute Gasteiger partial charge is 0.315 e. The minimum atomic E-state index is -0.515. The minimum Gasteiger partial charge on any atom is -0.464 e. The molecule has 6 heteroatoms. The van der Waals surface area contributed by atoms with Crippen molar-refractivity contribution in [1.82, 2.24) is 0 Å². The molecule has 1 unspecified atom stereocenters. The first-order valence-electron chi connectivity index (χ1n) is 9.43. The monoisotopic (exact) mass is 405 g/mol. The molecule has 27 heavy (non-hydrogen) atoms. The highest BCUT2D eigenvalue weighted by atomic mass is 32.2. The lowest BCUT2D eigenvalue weighted by molar-refractivity contribution is -0.145. The molecule has 3 rings (SSSR count). The Bertz CT molecular complexity index is 777. The lowest BCUT2D eigenvalue weighted by atomic mass is 9.68. The van der Waals surface area contributed by atoms with Crippen LogP contribution in [0.15, 0.2) is 33.8 Å². The number of carbonyl (C=O) groups excluding carboxylic acids is 2. The van der Waals surface area contributed by atoms with Crippen LogP contribution in [0.5, 0.6) is 0 Å². The highest BCUT2D eigenvalue weighted by molar-refractivity contribution is 7.99. The van der Waals surface area contributed by atoms with Gasteiger partial charge in [-0.1, -0.05) is 26.8 Å². The van der Waals surface area contributed by atoms with Crippen LogP contribution in [0.4, 0.5) is 0 Å². The minimum absolute atomic E-state index is 0.0928. The zero-order chi connectivity index (χ0) is 19.6. The first-order chi connectivity index (χ1) is 12.8. The van der Waals surface area contributed by atoms with Crippen LogP contribution in [0.2, 0.25) is 0 Å². The average molecular weight is 406 g/mol. The number of thioether (sulfide) groups is 1. The van der Waals surface area contributed by atoms with E-state index in [1.54, 1.807) is 23.1 Å². The van der Waals surface area contributed by atoms with Crippen molar-refractivity contribution in [3.05, 3.63) is 33.7 Å². The van der Waals surface area contributed by atoms with Gasteiger partial charge in [0, 0.05) is 40.0 Å². The van der Waals surface area contributed by atoms with E-state index in [4.69, 9.17) is 9.73 Å². The number of hydrogen-bond donors (Lipinski definition) is 0. The molecular formula is C21H27NO3S2. The molecule has 1 aliphatic carbocycles. The SMILES string of the molecule is CCSCCOC(=O)C1C(C)=NC2=C(C(=O)CC(C)(C)C2)[C@@H]1c1cccs1. The van der Waals surface area contributed by atoms with Crippen LogP contribution in [0, 0.1) is 11.3 Å². The molecule has 0 N–H and O–H groups in total. The summed E-state index contributed by atoms with van der Waals surface area (Å²) in [5.74, 6) is 0.854. The van der Waals surface area contributed by atoms with Gasteiger partial charge in [0.05, 0.1) is 0 Å². The van der Waals surface area contributed by atoms with Crippen molar-refractivity contribution in [3.8, 4) is 0 Å². The van der Waals surface area contributed by atoms with E-state index in [1.165, 1.54) is 0 Å². The van der Waals surface area contributed by atoms with Gasteiger partial charge < -0.3 is 4.74 Å². The van der Waals surface area contributed by atoms with Crippen LogP contribution in [0.25, 0.3) is 0 Å². The number of rotatable bonds is 6. The Hall–Kier alpha value is -1.40. The van der Waals surface area contributed by atoms with Crippen molar-refractivity contribution < 1.29 is 14.3 Å². The number of allylic oxidation sites excluding steroid dienone is 2. The Kier molecular flexibility index (Phi) is 6.26. The van der Waals surface area contributed by atoms with Gasteiger partial charge in [0.2, 0.25) is 0 Å². The maximum Gasteiger partial charge on any atom is 0.315 e. The summed E-state index contributed by atoms with van der Waals surface area (Å²) in [5, 5.41) is 1.99. The first-order valence-corrected chi connectivity index (χ1v) is 11.5. The number of ether oxygens (including phenoxy) is 1. The maximum absolute atomic E-state index is 13.0. The van der Waals surface area contributed by atoms with Gasteiger partial charge in [0.15, 0.2) is 5.78 Å². The Balaban J connectivity index is 1.95. The summed E-state index contributed by atoms with van der Waals surface area (Å²) in [7, 11) is 0. The van der Waals surface area contributed by atoms with Gasteiger partial charge in [0.1, 0.15) is 12.5 Å². The molecule has 2 heterocycles. The predicted molar refractivity (Wildman–Crippen MR) is 113 cm³/mol. The van der Waals surface area contributed by atoms with Crippen LogP contribution < -0.4 is 0 Å². The van der Waals surface area contributed by atoms with Crippen molar-refractivity contribution in [2.75, 3.05) is 18.1 Å². The van der Waals surface area contributed by atoms with Crippen molar-refractivity contribution in [2.45, 2.75) is 46.5 Å². The number of thiophene rings is 1. The molecule has 0 aromatic carbocycles. The van der Waals surface area contributed by atoms with E-state index in [2.05, 4.69) is 20.8 Å². The first kappa shape index (κ1) is 20.3. The van der Waals surface area contributed by atoms with E-state index in [9.17, 15) is 9.59 Å². The Morgan fingerprint density at radius 3 is 2.85 bits per heavy atom. The number of carbonyl (C=O) groups is 2. The molecule has 2 atom stereocenters. The number of ketones is 1. The summed E-state index contributed by atoms with van der Waals surface area (Å²) in [6, 6.07) is 3.98. The van der Waals surface area contributed by atoms with Gasteiger partial charge in [-0.15, -0.1) is 11.3 Å². The molecule has 0 saturated carbocycles.